The molecule has 0 aliphatic carbocycles. The summed E-state index contributed by atoms with van der Waals surface area (Å²) in [4.78, 5) is 11.5. The molecule has 0 heterocycles. The van der Waals surface area contributed by atoms with Crippen molar-refractivity contribution in [2.75, 3.05) is 6.61 Å². The second-order valence-corrected chi connectivity index (χ2v) is 4.56. The number of unbranched alkanes of at least 4 members (excludes halogenated alkanes) is 1. The van der Waals surface area contributed by atoms with Crippen molar-refractivity contribution in [3.8, 4) is 5.75 Å². The Balaban J connectivity index is 2.62. The van der Waals surface area contributed by atoms with Crippen LogP contribution in [0.25, 0.3) is 6.08 Å². The monoisotopic (exact) mass is 262 g/mol. The molecule has 1 rings (SSSR count). The van der Waals surface area contributed by atoms with Crippen LogP contribution in [0.3, 0.4) is 0 Å². The highest BCUT2D eigenvalue weighted by molar-refractivity contribution is 5.87. The van der Waals surface area contributed by atoms with Crippen LogP contribution in [0.4, 0.5) is 0 Å². The van der Waals surface area contributed by atoms with E-state index in [1.165, 1.54) is 6.08 Å². The lowest BCUT2D eigenvalue weighted by atomic mass is 10.2. The molecule has 1 aromatic rings. The van der Waals surface area contributed by atoms with Gasteiger partial charge in [0.15, 0.2) is 0 Å². The van der Waals surface area contributed by atoms with Gasteiger partial charge in [0.2, 0.25) is 0 Å². The minimum atomic E-state index is -0.312. The smallest absolute Gasteiger partial charge is 0.330 e. The van der Waals surface area contributed by atoms with Crippen molar-refractivity contribution in [2.24, 2.45) is 0 Å². The quantitative estimate of drug-likeness (QED) is 0.425. The Morgan fingerprint density at radius 3 is 2.74 bits per heavy atom. The number of hydrogen-bond acceptors (Lipinski definition) is 3. The zero-order chi connectivity index (χ0) is 14.1. The van der Waals surface area contributed by atoms with Gasteiger partial charge in [0.25, 0.3) is 0 Å². The van der Waals surface area contributed by atoms with Gasteiger partial charge in [-0.1, -0.05) is 31.5 Å². The van der Waals surface area contributed by atoms with Gasteiger partial charge in [0.1, 0.15) is 5.75 Å². The number of carbonyl (C=O) groups is 1. The van der Waals surface area contributed by atoms with E-state index in [2.05, 4.69) is 6.92 Å². The summed E-state index contributed by atoms with van der Waals surface area (Å²) in [5.41, 5.74) is 0.878. The average Bonchev–Trinajstić information content (AvgIpc) is 2.37. The number of carbonyl (C=O) groups excluding carboxylic acids is 1. The second-order valence-electron chi connectivity index (χ2n) is 4.56. The highest BCUT2D eigenvalue weighted by Gasteiger charge is 2.03. The molecule has 0 aromatic heterocycles. The summed E-state index contributed by atoms with van der Waals surface area (Å²) in [6, 6.07) is 7.62. The Morgan fingerprint density at radius 2 is 2.05 bits per heavy atom. The molecule has 3 nitrogen and oxygen atoms in total. The molecule has 0 radical (unpaired) electrons. The van der Waals surface area contributed by atoms with E-state index in [1.807, 2.05) is 38.1 Å². The summed E-state index contributed by atoms with van der Waals surface area (Å²) >= 11 is 0. The van der Waals surface area contributed by atoms with Crippen LogP contribution in [0.15, 0.2) is 30.3 Å². The molecule has 0 fully saturated rings. The van der Waals surface area contributed by atoms with Crippen molar-refractivity contribution < 1.29 is 14.3 Å². The predicted octanol–water partition coefficient (Wildman–Crippen LogP) is 3.83. The molecule has 0 spiro atoms. The molecule has 3 heteroatoms. The third-order valence-corrected chi connectivity index (χ3v) is 2.42. The largest absolute Gasteiger partial charge is 0.490 e. The van der Waals surface area contributed by atoms with Gasteiger partial charge in [0, 0.05) is 11.6 Å². The summed E-state index contributed by atoms with van der Waals surface area (Å²) in [5, 5.41) is 0. The molecular formula is C16H22O3. The van der Waals surface area contributed by atoms with Gasteiger partial charge < -0.3 is 9.47 Å². The maximum atomic E-state index is 11.5. The van der Waals surface area contributed by atoms with E-state index < -0.39 is 0 Å². The number of esters is 1. The lowest BCUT2D eigenvalue weighted by molar-refractivity contribution is -0.137. The molecule has 104 valence electrons. The van der Waals surface area contributed by atoms with E-state index in [-0.39, 0.29) is 12.1 Å². The van der Waals surface area contributed by atoms with Gasteiger partial charge in [-0.3, -0.25) is 0 Å². The maximum Gasteiger partial charge on any atom is 0.330 e. The molecule has 0 saturated heterocycles. The Labute approximate surface area is 115 Å². The van der Waals surface area contributed by atoms with E-state index in [9.17, 15) is 4.79 Å². The summed E-state index contributed by atoms with van der Waals surface area (Å²) in [6.07, 6.45) is 5.19. The molecule has 0 bridgehead atoms. The summed E-state index contributed by atoms with van der Waals surface area (Å²) in [6.45, 7) is 6.48. The fraction of sp³-hybridized carbons (Fsp3) is 0.438. The van der Waals surface area contributed by atoms with Crippen LogP contribution < -0.4 is 4.74 Å². The summed E-state index contributed by atoms with van der Waals surface area (Å²) in [7, 11) is 0. The van der Waals surface area contributed by atoms with E-state index in [4.69, 9.17) is 9.47 Å². The SMILES string of the molecule is CCCCOC(=O)/C=C/c1ccccc1OC(C)C. The van der Waals surface area contributed by atoms with Crippen LogP contribution in [-0.4, -0.2) is 18.7 Å². The number of benzene rings is 1. The lowest BCUT2D eigenvalue weighted by Crippen LogP contribution is -2.06. The molecule has 0 amide bonds. The summed E-state index contributed by atoms with van der Waals surface area (Å²) < 4.78 is 10.7. The van der Waals surface area contributed by atoms with Crippen molar-refractivity contribution in [2.45, 2.75) is 39.7 Å². The zero-order valence-electron chi connectivity index (χ0n) is 11.9. The number of rotatable bonds is 7. The van der Waals surface area contributed by atoms with Crippen molar-refractivity contribution in [3.05, 3.63) is 35.9 Å². The topological polar surface area (TPSA) is 35.5 Å². The minimum Gasteiger partial charge on any atom is -0.490 e. The number of ether oxygens (including phenoxy) is 2. The van der Waals surface area contributed by atoms with Crippen LogP contribution in [0.2, 0.25) is 0 Å². The second kappa shape index (κ2) is 8.35. The first-order valence-corrected chi connectivity index (χ1v) is 6.74. The third-order valence-electron chi connectivity index (χ3n) is 2.42. The lowest BCUT2D eigenvalue weighted by Gasteiger charge is -2.11. The molecule has 0 unspecified atom stereocenters. The van der Waals surface area contributed by atoms with E-state index >= 15 is 0 Å². The van der Waals surface area contributed by atoms with Crippen LogP contribution in [-0.2, 0) is 9.53 Å². The minimum absolute atomic E-state index is 0.103. The molecule has 0 N–H and O–H groups in total. The highest BCUT2D eigenvalue weighted by atomic mass is 16.5. The van der Waals surface area contributed by atoms with Crippen molar-refractivity contribution in [1.29, 1.82) is 0 Å². The Morgan fingerprint density at radius 1 is 1.32 bits per heavy atom. The van der Waals surface area contributed by atoms with Gasteiger partial charge in [0.05, 0.1) is 12.7 Å². The Bertz CT molecular complexity index is 422. The Hall–Kier alpha value is -1.77. The zero-order valence-corrected chi connectivity index (χ0v) is 11.9. The first-order chi connectivity index (χ1) is 9.13. The van der Waals surface area contributed by atoms with Gasteiger partial charge in [-0.2, -0.15) is 0 Å². The van der Waals surface area contributed by atoms with Crippen molar-refractivity contribution in [3.63, 3.8) is 0 Å². The average molecular weight is 262 g/mol. The van der Waals surface area contributed by atoms with Gasteiger partial charge >= 0.3 is 5.97 Å². The standard InChI is InChI=1S/C16H22O3/c1-4-5-12-18-16(17)11-10-14-8-6-7-9-15(14)19-13(2)3/h6-11,13H,4-5,12H2,1-3H3/b11-10+. The van der Waals surface area contributed by atoms with Crippen LogP contribution in [0, 0.1) is 0 Å². The highest BCUT2D eigenvalue weighted by Crippen LogP contribution is 2.20. The first kappa shape index (κ1) is 15.3. The van der Waals surface area contributed by atoms with Crippen LogP contribution >= 0.6 is 0 Å². The van der Waals surface area contributed by atoms with E-state index in [1.54, 1.807) is 6.08 Å². The predicted molar refractivity (Wildman–Crippen MR) is 77.1 cm³/mol. The van der Waals surface area contributed by atoms with Crippen molar-refractivity contribution >= 4 is 12.0 Å². The first-order valence-electron chi connectivity index (χ1n) is 6.74. The van der Waals surface area contributed by atoms with Gasteiger partial charge in [-0.05, 0) is 32.4 Å². The molecule has 1 aromatic carbocycles. The number of para-hydroxylation sites is 1. The molecular weight excluding hydrogens is 240 g/mol. The Kier molecular flexibility index (Phi) is 6.72. The molecule has 0 atom stereocenters. The molecule has 0 aliphatic heterocycles. The van der Waals surface area contributed by atoms with E-state index in [0.29, 0.717) is 6.61 Å². The maximum absolute atomic E-state index is 11.5. The molecule has 19 heavy (non-hydrogen) atoms. The number of hydrogen-bond donors (Lipinski definition) is 0. The van der Waals surface area contributed by atoms with Crippen LogP contribution in [0.1, 0.15) is 39.2 Å². The third kappa shape index (κ3) is 6.09. The van der Waals surface area contributed by atoms with Gasteiger partial charge in [-0.15, -0.1) is 0 Å². The van der Waals surface area contributed by atoms with E-state index in [0.717, 1.165) is 24.2 Å². The van der Waals surface area contributed by atoms with Crippen LogP contribution in [0.5, 0.6) is 5.75 Å². The van der Waals surface area contributed by atoms with Crippen molar-refractivity contribution in [1.82, 2.24) is 0 Å². The fourth-order valence-corrected chi connectivity index (χ4v) is 1.50. The molecule has 0 aliphatic rings. The molecule has 0 saturated carbocycles. The normalized spacial score (nSPS) is 10.9. The van der Waals surface area contributed by atoms with Gasteiger partial charge in [-0.25, -0.2) is 4.79 Å². The fourth-order valence-electron chi connectivity index (χ4n) is 1.50. The summed E-state index contributed by atoms with van der Waals surface area (Å²) in [5.74, 6) is 0.461.